The monoisotopic (exact) mass is 376 g/mol. The van der Waals surface area contributed by atoms with E-state index in [1.165, 1.54) is 12.8 Å². The number of rotatable bonds is 6. The second-order valence-corrected chi connectivity index (χ2v) is 8.00. The first-order chi connectivity index (χ1) is 13.7. The van der Waals surface area contributed by atoms with Crippen molar-refractivity contribution in [1.29, 1.82) is 0 Å². The van der Waals surface area contributed by atoms with Crippen molar-refractivity contribution in [3.63, 3.8) is 0 Å². The summed E-state index contributed by atoms with van der Waals surface area (Å²) in [6.45, 7) is 2.83. The molecule has 0 radical (unpaired) electrons. The van der Waals surface area contributed by atoms with Crippen LogP contribution >= 0.6 is 0 Å². The van der Waals surface area contributed by atoms with E-state index in [-0.39, 0.29) is 5.91 Å². The number of H-pyrrole nitrogens is 1. The van der Waals surface area contributed by atoms with Crippen LogP contribution in [0.2, 0.25) is 0 Å². The van der Waals surface area contributed by atoms with Crippen molar-refractivity contribution in [2.75, 3.05) is 0 Å². The molecule has 4 rings (SSSR count). The average molecular weight is 377 g/mol. The lowest BCUT2D eigenvalue weighted by Gasteiger charge is -2.26. The molecule has 1 aromatic heterocycles. The van der Waals surface area contributed by atoms with Gasteiger partial charge in [0.1, 0.15) is 12.4 Å². The Labute approximate surface area is 166 Å². The third-order valence-corrected chi connectivity index (χ3v) is 5.72. The Morgan fingerprint density at radius 2 is 1.89 bits per heavy atom. The molecule has 2 aromatic carbocycles. The zero-order valence-corrected chi connectivity index (χ0v) is 16.4. The third-order valence-electron chi connectivity index (χ3n) is 5.72. The molecule has 1 aliphatic carbocycles. The number of carbonyl (C=O) groups excluding carboxylic acids is 1. The van der Waals surface area contributed by atoms with E-state index in [1.54, 1.807) is 0 Å². The number of ether oxygens (including phenoxy) is 1. The first-order valence-corrected chi connectivity index (χ1v) is 10.2. The Bertz CT molecular complexity index is 924. The van der Waals surface area contributed by atoms with Crippen LogP contribution in [0.25, 0.3) is 10.9 Å². The molecule has 0 unspecified atom stereocenters. The predicted molar refractivity (Wildman–Crippen MR) is 112 cm³/mol. The van der Waals surface area contributed by atoms with Crippen molar-refractivity contribution in [3.05, 3.63) is 65.9 Å². The number of hydrogen-bond donors (Lipinski definition) is 2. The summed E-state index contributed by atoms with van der Waals surface area (Å²) in [4.78, 5) is 15.8. The Morgan fingerprint density at radius 1 is 1.11 bits per heavy atom. The summed E-state index contributed by atoms with van der Waals surface area (Å²) in [6, 6.07) is 16.5. The van der Waals surface area contributed by atoms with Gasteiger partial charge in [0.2, 0.25) is 5.91 Å². The van der Waals surface area contributed by atoms with Crippen molar-refractivity contribution in [1.82, 2.24) is 10.3 Å². The highest BCUT2D eigenvalue weighted by molar-refractivity contribution is 5.89. The lowest BCUT2D eigenvalue weighted by Crippen LogP contribution is -2.38. The van der Waals surface area contributed by atoms with Crippen molar-refractivity contribution in [3.8, 4) is 5.75 Å². The summed E-state index contributed by atoms with van der Waals surface area (Å²) in [5.74, 6) is 1.71. The van der Waals surface area contributed by atoms with E-state index in [1.807, 2.05) is 42.6 Å². The van der Waals surface area contributed by atoms with Gasteiger partial charge in [0.05, 0.1) is 6.42 Å². The SMILES string of the molecule is CC1CCC(NC(=O)Cc2c[nH]c3ccc(OCc4ccccc4)cc23)CC1. The molecule has 0 saturated heterocycles. The third kappa shape index (κ3) is 4.56. The van der Waals surface area contributed by atoms with E-state index in [0.717, 1.165) is 46.5 Å². The minimum Gasteiger partial charge on any atom is -0.489 e. The minimum absolute atomic E-state index is 0.107. The molecule has 146 valence electrons. The molecule has 0 bridgehead atoms. The number of benzene rings is 2. The average Bonchev–Trinajstić information content (AvgIpc) is 3.11. The molecule has 1 amide bonds. The maximum absolute atomic E-state index is 12.5. The smallest absolute Gasteiger partial charge is 0.224 e. The van der Waals surface area contributed by atoms with Crippen molar-refractivity contribution in [2.45, 2.75) is 51.7 Å². The Morgan fingerprint density at radius 3 is 2.68 bits per heavy atom. The van der Waals surface area contributed by atoms with Crippen LogP contribution in [-0.2, 0) is 17.8 Å². The van der Waals surface area contributed by atoms with Crippen LogP contribution in [0.5, 0.6) is 5.75 Å². The molecule has 2 N–H and O–H groups in total. The molecular weight excluding hydrogens is 348 g/mol. The summed E-state index contributed by atoms with van der Waals surface area (Å²) in [7, 11) is 0. The second-order valence-electron chi connectivity index (χ2n) is 8.00. The topological polar surface area (TPSA) is 54.1 Å². The van der Waals surface area contributed by atoms with Gasteiger partial charge in [-0.2, -0.15) is 0 Å². The number of aromatic nitrogens is 1. The first-order valence-electron chi connectivity index (χ1n) is 10.2. The molecule has 1 heterocycles. The molecule has 1 aliphatic rings. The van der Waals surface area contributed by atoms with Gasteiger partial charge < -0.3 is 15.0 Å². The van der Waals surface area contributed by atoms with Gasteiger partial charge >= 0.3 is 0 Å². The van der Waals surface area contributed by atoms with Gasteiger partial charge in [0.15, 0.2) is 0 Å². The summed E-state index contributed by atoms with van der Waals surface area (Å²) >= 11 is 0. The number of hydrogen-bond acceptors (Lipinski definition) is 2. The van der Waals surface area contributed by atoms with E-state index in [0.29, 0.717) is 19.1 Å². The second kappa shape index (κ2) is 8.51. The number of fused-ring (bicyclic) bond motifs is 1. The largest absolute Gasteiger partial charge is 0.489 e. The fourth-order valence-electron chi connectivity index (χ4n) is 3.99. The number of nitrogens with one attached hydrogen (secondary N) is 2. The van der Waals surface area contributed by atoms with Crippen molar-refractivity contribution < 1.29 is 9.53 Å². The molecule has 1 fully saturated rings. The first kappa shape index (κ1) is 18.6. The van der Waals surface area contributed by atoms with Gasteiger partial charge in [-0.15, -0.1) is 0 Å². The van der Waals surface area contributed by atoms with Crippen LogP contribution in [0.4, 0.5) is 0 Å². The zero-order valence-electron chi connectivity index (χ0n) is 16.4. The quantitative estimate of drug-likeness (QED) is 0.637. The summed E-state index contributed by atoms with van der Waals surface area (Å²) < 4.78 is 5.95. The van der Waals surface area contributed by atoms with E-state index in [2.05, 4.69) is 29.4 Å². The highest BCUT2D eigenvalue weighted by Gasteiger charge is 2.20. The fraction of sp³-hybridized carbons (Fsp3) is 0.375. The Balaban J connectivity index is 1.40. The van der Waals surface area contributed by atoms with Crippen LogP contribution in [-0.4, -0.2) is 16.9 Å². The van der Waals surface area contributed by atoms with Gasteiger partial charge in [-0.3, -0.25) is 4.79 Å². The standard InChI is InChI=1S/C24H28N2O2/c1-17-7-9-20(10-8-17)26-24(27)13-19-15-25-23-12-11-21(14-22(19)23)28-16-18-5-3-2-4-6-18/h2-6,11-12,14-15,17,20,25H,7-10,13,16H2,1H3,(H,26,27). The van der Waals surface area contributed by atoms with Crippen LogP contribution < -0.4 is 10.1 Å². The number of carbonyl (C=O) groups is 1. The molecule has 0 atom stereocenters. The number of aromatic amines is 1. The van der Waals surface area contributed by atoms with Gasteiger partial charge in [0, 0.05) is 23.1 Å². The van der Waals surface area contributed by atoms with Gasteiger partial charge in [-0.05, 0) is 60.9 Å². The van der Waals surface area contributed by atoms with E-state index < -0.39 is 0 Å². The zero-order chi connectivity index (χ0) is 19.3. The highest BCUT2D eigenvalue weighted by Crippen LogP contribution is 2.26. The maximum Gasteiger partial charge on any atom is 0.224 e. The van der Waals surface area contributed by atoms with Gasteiger partial charge in [0.25, 0.3) is 0 Å². The maximum atomic E-state index is 12.5. The minimum atomic E-state index is 0.107. The normalized spacial score (nSPS) is 19.5. The lowest BCUT2D eigenvalue weighted by molar-refractivity contribution is -0.121. The van der Waals surface area contributed by atoms with E-state index in [4.69, 9.17) is 4.74 Å². The molecule has 4 heteroatoms. The summed E-state index contributed by atoms with van der Waals surface area (Å²) in [6.07, 6.45) is 6.94. The molecule has 0 aliphatic heterocycles. The summed E-state index contributed by atoms with van der Waals surface area (Å²) in [5.41, 5.74) is 3.18. The van der Waals surface area contributed by atoms with Crippen LogP contribution in [0.1, 0.15) is 43.7 Å². The summed E-state index contributed by atoms with van der Waals surface area (Å²) in [5, 5.41) is 4.27. The van der Waals surface area contributed by atoms with Crippen LogP contribution in [0.3, 0.4) is 0 Å². The predicted octanol–water partition coefficient (Wildman–Crippen LogP) is 4.98. The molecule has 28 heavy (non-hydrogen) atoms. The Hall–Kier alpha value is -2.75. The molecule has 0 spiro atoms. The lowest BCUT2D eigenvalue weighted by atomic mass is 9.87. The number of amides is 1. The van der Waals surface area contributed by atoms with Crippen LogP contribution in [0.15, 0.2) is 54.7 Å². The molecule has 1 saturated carbocycles. The Kier molecular flexibility index (Phi) is 5.65. The van der Waals surface area contributed by atoms with E-state index in [9.17, 15) is 4.79 Å². The van der Waals surface area contributed by atoms with E-state index >= 15 is 0 Å². The molecule has 4 nitrogen and oxygen atoms in total. The van der Waals surface area contributed by atoms with Crippen molar-refractivity contribution >= 4 is 16.8 Å². The highest BCUT2D eigenvalue weighted by atomic mass is 16.5. The molecular formula is C24H28N2O2. The van der Waals surface area contributed by atoms with Gasteiger partial charge in [-0.1, -0.05) is 37.3 Å². The van der Waals surface area contributed by atoms with Gasteiger partial charge in [-0.25, -0.2) is 0 Å². The van der Waals surface area contributed by atoms with Crippen molar-refractivity contribution in [2.24, 2.45) is 5.92 Å². The fourth-order valence-corrected chi connectivity index (χ4v) is 3.99. The molecule has 3 aromatic rings. The van der Waals surface area contributed by atoms with Crippen LogP contribution in [0, 0.1) is 5.92 Å².